The Hall–Kier alpha value is -2.62. The van der Waals surface area contributed by atoms with Gasteiger partial charge in [-0.3, -0.25) is 14.5 Å². The van der Waals surface area contributed by atoms with Crippen LogP contribution in [0.4, 0.5) is 4.79 Å². The van der Waals surface area contributed by atoms with Crippen LogP contribution in [0.3, 0.4) is 0 Å². The fourth-order valence-corrected chi connectivity index (χ4v) is 4.01. The van der Waals surface area contributed by atoms with Crippen molar-refractivity contribution in [3.63, 3.8) is 0 Å². The molecule has 2 aromatic rings. The zero-order valence-electron chi connectivity index (χ0n) is 15.1. The van der Waals surface area contributed by atoms with Gasteiger partial charge in [0.25, 0.3) is 11.1 Å². The maximum atomic E-state index is 12.4. The molecule has 5 nitrogen and oxygen atoms in total. The number of hydrogen-bond acceptors (Lipinski definition) is 4. The molecule has 1 saturated heterocycles. The van der Waals surface area contributed by atoms with E-state index in [4.69, 9.17) is 22.8 Å². The molecule has 0 N–H and O–H groups in total. The first-order valence-corrected chi connectivity index (χ1v) is 9.28. The number of nitrogens with zero attached hydrogens (tertiary/aromatic N) is 2. The molecule has 1 aliphatic rings. The lowest BCUT2D eigenvalue weighted by Gasteiger charge is -2.14. The van der Waals surface area contributed by atoms with Gasteiger partial charge in [0.05, 0.1) is 24.2 Å². The van der Waals surface area contributed by atoms with Crippen LogP contribution in [0.2, 0.25) is 5.02 Å². The smallest absolute Gasteiger partial charge is 0.294 e. The number of carbonyl (C=O) groups is 2. The molecule has 0 aliphatic carbocycles. The minimum Gasteiger partial charge on any atom is -0.495 e. The molecule has 138 valence electrons. The van der Waals surface area contributed by atoms with E-state index in [1.54, 1.807) is 25.3 Å². The van der Waals surface area contributed by atoms with Gasteiger partial charge in [-0.25, -0.2) is 0 Å². The molecule has 0 atom stereocenters. The SMILES string of the molecule is C#CCN1C(=O)SC(=Cc2cc(C)n(-c3cc(Cl)ccc3OC)c2C)C1=O. The predicted octanol–water partition coefficient (Wildman–Crippen LogP) is 4.43. The minimum absolute atomic E-state index is 0.0270. The van der Waals surface area contributed by atoms with Crippen molar-refractivity contribution in [1.82, 2.24) is 9.47 Å². The monoisotopic (exact) mass is 400 g/mol. The molecule has 27 heavy (non-hydrogen) atoms. The molecule has 3 rings (SSSR count). The second kappa shape index (κ2) is 7.55. The molecule has 2 heterocycles. The van der Waals surface area contributed by atoms with Gasteiger partial charge in [0.1, 0.15) is 5.75 Å². The third kappa shape index (κ3) is 3.48. The summed E-state index contributed by atoms with van der Waals surface area (Å²) < 4.78 is 7.46. The van der Waals surface area contributed by atoms with E-state index in [9.17, 15) is 9.59 Å². The second-order valence-corrected chi connectivity index (χ2v) is 7.38. The van der Waals surface area contributed by atoms with Gasteiger partial charge in [-0.05, 0) is 61.5 Å². The van der Waals surface area contributed by atoms with E-state index in [0.29, 0.717) is 15.7 Å². The molecular weight excluding hydrogens is 384 g/mol. The third-order valence-electron chi connectivity index (χ3n) is 4.26. The summed E-state index contributed by atoms with van der Waals surface area (Å²) in [4.78, 5) is 25.8. The Labute approximate surface area is 166 Å². The van der Waals surface area contributed by atoms with E-state index >= 15 is 0 Å². The van der Waals surface area contributed by atoms with Gasteiger partial charge in [-0.2, -0.15) is 0 Å². The van der Waals surface area contributed by atoms with Crippen molar-refractivity contribution in [2.24, 2.45) is 0 Å². The molecule has 0 spiro atoms. The van der Waals surface area contributed by atoms with Crippen LogP contribution in [0.5, 0.6) is 5.75 Å². The standard InChI is InChI=1S/C20H17ClN2O3S/c1-5-8-22-19(24)18(27-20(22)25)10-14-9-12(2)23(13(14)3)16-11-15(21)6-7-17(16)26-4/h1,6-7,9-11H,8H2,2-4H3. The highest BCUT2D eigenvalue weighted by Crippen LogP contribution is 2.35. The first-order valence-electron chi connectivity index (χ1n) is 8.09. The number of thioether (sulfide) groups is 1. The van der Waals surface area contributed by atoms with E-state index in [-0.39, 0.29) is 17.7 Å². The maximum absolute atomic E-state index is 12.4. The Balaban J connectivity index is 2.06. The van der Waals surface area contributed by atoms with E-state index < -0.39 is 0 Å². The van der Waals surface area contributed by atoms with Gasteiger partial charge >= 0.3 is 0 Å². The van der Waals surface area contributed by atoms with Crippen molar-refractivity contribution in [2.75, 3.05) is 13.7 Å². The zero-order chi connectivity index (χ0) is 19.7. The van der Waals surface area contributed by atoms with Crippen LogP contribution in [0.25, 0.3) is 11.8 Å². The number of methoxy groups -OCH3 is 1. The molecule has 0 saturated carbocycles. The average Bonchev–Trinajstić information content (AvgIpc) is 3.05. The number of amides is 2. The molecule has 0 radical (unpaired) electrons. The van der Waals surface area contributed by atoms with Gasteiger partial charge in [-0.15, -0.1) is 6.42 Å². The Morgan fingerprint density at radius 1 is 1.30 bits per heavy atom. The quantitative estimate of drug-likeness (QED) is 0.563. The highest BCUT2D eigenvalue weighted by molar-refractivity contribution is 8.18. The topological polar surface area (TPSA) is 51.5 Å². The molecule has 0 unspecified atom stereocenters. The maximum Gasteiger partial charge on any atom is 0.294 e. The molecule has 2 amide bonds. The number of aryl methyl sites for hydroxylation is 1. The Bertz CT molecular complexity index is 1020. The number of aromatic nitrogens is 1. The fourth-order valence-electron chi connectivity index (χ4n) is 3.01. The Kier molecular flexibility index (Phi) is 5.36. The van der Waals surface area contributed by atoms with Crippen molar-refractivity contribution in [2.45, 2.75) is 13.8 Å². The summed E-state index contributed by atoms with van der Waals surface area (Å²) in [6.07, 6.45) is 6.95. The summed E-state index contributed by atoms with van der Waals surface area (Å²) in [5.74, 6) is 2.65. The third-order valence-corrected chi connectivity index (χ3v) is 5.40. The van der Waals surface area contributed by atoms with Crippen LogP contribution >= 0.6 is 23.4 Å². The molecule has 1 aromatic carbocycles. The molecule has 0 bridgehead atoms. The van der Waals surface area contributed by atoms with Crippen molar-refractivity contribution >= 4 is 40.6 Å². The lowest BCUT2D eigenvalue weighted by atomic mass is 10.2. The fraction of sp³-hybridized carbons (Fsp3) is 0.200. The largest absolute Gasteiger partial charge is 0.495 e. The molecule has 1 fully saturated rings. The highest BCUT2D eigenvalue weighted by atomic mass is 35.5. The summed E-state index contributed by atoms with van der Waals surface area (Å²) in [6.45, 7) is 3.86. The zero-order valence-corrected chi connectivity index (χ0v) is 16.6. The number of rotatable bonds is 4. The van der Waals surface area contributed by atoms with Crippen molar-refractivity contribution in [1.29, 1.82) is 0 Å². The first-order chi connectivity index (χ1) is 12.9. The lowest BCUT2D eigenvalue weighted by Crippen LogP contribution is -2.28. The average molecular weight is 401 g/mol. The Morgan fingerprint density at radius 2 is 2.04 bits per heavy atom. The molecule has 1 aliphatic heterocycles. The van der Waals surface area contributed by atoms with Crippen LogP contribution in [0.15, 0.2) is 29.2 Å². The summed E-state index contributed by atoms with van der Waals surface area (Å²) in [5.41, 5.74) is 3.49. The number of halogens is 1. The summed E-state index contributed by atoms with van der Waals surface area (Å²) in [6, 6.07) is 7.34. The number of hydrogen-bond donors (Lipinski definition) is 0. The lowest BCUT2D eigenvalue weighted by molar-refractivity contribution is -0.122. The Morgan fingerprint density at radius 3 is 2.70 bits per heavy atom. The minimum atomic E-state index is -0.368. The summed E-state index contributed by atoms with van der Waals surface area (Å²) >= 11 is 7.06. The van der Waals surface area contributed by atoms with Crippen molar-refractivity contribution < 1.29 is 14.3 Å². The second-order valence-electron chi connectivity index (χ2n) is 5.95. The van der Waals surface area contributed by atoms with Gasteiger partial charge in [0, 0.05) is 16.4 Å². The predicted molar refractivity (Wildman–Crippen MR) is 108 cm³/mol. The van der Waals surface area contributed by atoms with Crippen molar-refractivity contribution in [3.05, 3.63) is 51.1 Å². The van der Waals surface area contributed by atoms with Gasteiger partial charge in [0.2, 0.25) is 0 Å². The molecule has 7 heteroatoms. The van der Waals surface area contributed by atoms with E-state index in [1.165, 1.54) is 0 Å². The normalized spacial score (nSPS) is 15.5. The van der Waals surface area contributed by atoms with Crippen LogP contribution in [-0.4, -0.2) is 34.3 Å². The molecular formula is C20H17ClN2O3S. The first kappa shape index (κ1) is 19.2. The van der Waals surface area contributed by atoms with Crippen LogP contribution in [-0.2, 0) is 4.79 Å². The van der Waals surface area contributed by atoms with Gasteiger partial charge in [-0.1, -0.05) is 17.5 Å². The van der Waals surface area contributed by atoms with Gasteiger partial charge < -0.3 is 9.30 Å². The van der Waals surface area contributed by atoms with E-state index in [1.807, 2.05) is 30.5 Å². The number of imide groups is 1. The van der Waals surface area contributed by atoms with Crippen LogP contribution in [0, 0.1) is 26.2 Å². The van der Waals surface area contributed by atoms with Gasteiger partial charge in [0.15, 0.2) is 0 Å². The van der Waals surface area contributed by atoms with E-state index in [0.717, 1.165) is 39.3 Å². The summed E-state index contributed by atoms with van der Waals surface area (Å²) in [7, 11) is 1.60. The van der Waals surface area contributed by atoms with Crippen molar-refractivity contribution in [3.8, 4) is 23.8 Å². The van der Waals surface area contributed by atoms with Crippen LogP contribution < -0.4 is 4.74 Å². The number of benzene rings is 1. The summed E-state index contributed by atoms with van der Waals surface area (Å²) in [5, 5.41) is 0.241. The van der Waals surface area contributed by atoms with E-state index in [2.05, 4.69) is 5.92 Å². The number of terminal acetylenes is 1. The van der Waals surface area contributed by atoms with Crippen LogP contribution in [0.1, 0.15) is 17.0 Å². The molecule has 1 aromatic heterocycles. The number of ether oxygens (including phenoxy) is 1. The number of carbonyl (C=O) groups excluding carboxylic acids is 2. The highest BCUT2D eigenvalue weighted by Gasteiger charge is 2.34.